The summed E-state index contributed by atoms with van der Waals surface area (Å²) >= 11 is 0. The van der Waals surface area contributed by atoms with Crippen molar-refractivity contribution in [1.29, 1.82) is 5.26 Å². The minimum Gasteiger partial charge on any atom is -0.355 e. The molecule has 2 aliphatic rings. The highest BCUT2D eigenvalue weighted by atomic mass is 16.2. The number of nitriles is 1. The van der Waals surface area contributed by atoms with Crippen LogP contribution in [0.4, 0.5) is 5.82 Å². The molecule has 1 saturated heterocycles. The second kappa shape index (κ2) is 8.65. The lowest BCUT2D eigenvalue weighted by molar-refractivity contribution is -0.120. The maximum atomic E-state index is 12.1. The minimum atomic E-state index is -0.381. The number of nitrogens with zero attached hydrogens (tertiary/aromatic N) is 5. The van der Waals surface area contributed by atoms with E-state index in [-0.39, 0.29) is 23.7 Å². The lowest BCUT2D eigenvalue weighted by Crippen LogP contribution is -2.44. The third-order valence-electron chi connectivity index (χ3n) is 5.59. The zero-order chi connectivity index (χ0) is 20.0. The number of aromatic nitrogens is 2. The quantitative estimate of drug-likeness (QED) is 0.460. The third kappa shape index (κ3) is 4.55. The highest BCUT2D eigenvalue weighted by Gasteiger charge is 2.39. The Morgan fingerprint density at radius 2 is 2.11 bits per heavy atom. The van der Waals surface area contributed by atoms with Gasteiger partial charge in [0.1, 0.15) is 24.1 Å². The Morgan fingerprint density at radius 1 is 1.36 bits per heavy atom. The van der Waals surface area contributed by atoms with E-state index in [1.165, 1.54) is 48.4 Å². The minimum absolute atomic E-state index is 0.140. The van der Waals surface area contributed by atoms with Crippen LogP contribution in [0.3, 0.4) is 0 Å². The van der Waals surface area contributed by atoms with Gasteiger partial charge >= 0.3 is 0 Å². The molecule has 146 valence electrons. The van der Waals surface area contributed by atoms with Gasteiger partial charge in [0.15, 0.2) is 0 Å². The van der Waals surface area contributed by atoms with Crippen molar-refractivity contribution in [2.24, 2.45) is 10.4 Å². The molecule has 1 saturated carbocycles. The molecular formula is C20H24N6O2. The summed E-state index contributed by atoms with van der Waals surface area (Å²) < 4.78 is 1.17. The molecule has 28 heavy (non-hydrogen) atoms. The predicted molar refractivity (Wildman–Crippen MR) is 107 cm³/mol. The maximum Gasteiger partial charge on any atom is 0.267 e. The number of piperidine rings is 1. The number of carbonyl (C=O) groups is 1. The van der Waals surface area contributed by atoms with Crippen molar-refractivity contribution in [1.82, 2.24) is 15.1 Å². The molecule has 8 nitrogen and oxygen atoms in total. The fraction of sp³-hybridized carbons (Fsp3) is 0.450. The van der Waals surface area contributed by atoms with Gasteiger partial charge in [-0.1, -0.05) is 6.42 Å². The van der Waals surface area contributed by atoms with Crippen LogP contribution in [0.15, 0.2) is 46.0 Å². The number of aliphatic imine (C=N–C) groups is 1. The van der Waals surface area contributed by atoms with E-state index in [1.807, 2.05) is 6.07 Å². The number of allylic oxidation sites excluding steroid dienone is 3. The Bertz CT molecular complexity index is 894. The molecule has 2 fully saturated rings. The molecule has 1 aliphatic heterocycles. The van der Waals surface area contributed by atoms with E-state index < -0.39 is 0 Å². The average Bonchev–Trinajstić information content (AvgIpc) is 2.69. The summed E-state index contributed by atoms with van der Waals surface area (Å²) in [7, 11) is 0. The molecule has 0 bridgehead atoms. The number of hydrogen-bond acceptors (Lipinski definition) is 6. The van der Waals surface area contributed by atoms with Crippen LogP contribution in [-0.2, 0) is 11.3 Å². The van der Waals surface area contributed by atoms with E-state index in [2.05, 4.69) is 27.0 Å². The summed E-state index contributed by atoms with van der Waals surface area (Å²) in [6.45, 7) is 4.96. The van der Waals surface area contributed by atoms with Crippen molar-refractivity contribution >= 4 is 18.4 Å². The highest BCUT2D eigenvalue weighted by Crippen LogP contribution is 2.49. The zero-order valence-corrected chi connectivity index (χ0v) is 15.8. The molecule has 1 aromatic heterocycles. The van der Waals surface area contributed by atoms with Crippen LogP contribution < -0.4 is 15.8 Å². The first-order chi connectivity index (χ1) is 13.5. The van der Waals surface area contributed by atoms with Crippen LogP contribution in [0.1, 0.15) is 32.1 Å². The van der Waals surface area contributed by atoms with Gasteiger partial charge in [0.2, 0.25) is 5.91 Å². The first-order valence-electron chi connectivity index (χ1n) is 9.41. The van der Waals surface area contributed by atoms with Gasteiger partial charge < -0.3 is 10.2 Å². The molecule has 0 radical (unpaired) electrons. The highest BCUT2D eigenvalue weighted by molar-refractivity contribution is 5.76. The molecule has 1 N–H and O–H groups in total. The Hall–Kier alpha value is -3.21. The van der Waals surface area contributed by atoms with E-state index in [0.717, 1.165) is 31.7 Å². The monoisotopic (exact) mass is 380 g/mol. The molecule has 3 rings (SSSR count). The molecule has 1 aliphatic carbocycles. The molecule has 0 aromatic carbocycles. The van der Waals surface area contributed by atoms with Gasteiger partial charge in [-0.25, -0.2) is 4.68 Å². The molecule has 8 heteroatoms. The topological polar surface area (TPSA) is 103 Å². The first kappa shape index (κ1) is 19.5. The van der Waals surface area contributed by atoms with E-state index in [1.54, 1.807) is 6.07 Å². The molecule has 1 spiro atoms. The van der Waals surface area contributed by atoms with Gasteiger partial charge in [-0.15, -0.1) is 0 Å². The smallest absolute Gasteiger partial charge is 0.267 e. The van der Waals surface area contributed by atoms with Gasteiger partial charge in [-0.3, -0.25) is 14.6 Å². The predicted octanol–water partition coefficient (Wildman–Crippen LogP) is 1.75. The molecular weight excluding hydrogens is 356 g/mol. The number of amides is 1. The molecule has 2 heterocycles. The maximum absolute atomic E-state index is 12.1. The summed E-state index contributed by atoms with van der Waals surface area (Å²) in [5.41, 5.74) is 0.359. The molecule has 1 aromatic rings. The molecule has 0 atom stereocenters. The van der Waals surface area contributed by atoms with Crippen molar-refractivity contribution < 1.29 is 4.79 Å². The molecule has 0 unspecified atom stereocenters. The largest absolute Gasteiger partial charge is 0.355 e. The van der Waals surface area contributed by atoms with Crippen molar-refractivity contribution in [3.05, 3.63) is 46.5 Å². The molecule has 1 amide bonds. The normalized spacial score (nSPS) is 18.5. The van der Waals surface area contributed by atoms with Gasteiger partial charge in [-0.2, -0.15) is 10.4 Å². The second-order valence-electron chi connectivity index (χ2n) is 7.28. The first-order valence-corrected chi connectivity index (χ1v) is 9.41. The van der Waals surface area contributed by atoms with Crippen LogP contribution in [0, 0.1) is 16.7 Å². The summed E-state index contributed by atoms with van der Waals surface area (Å²) in [6, 6.07) is 5.03. The fourth-order valence-corrected chi connectivity index (χ4v) is 3.69. The third-order valence-corrected chi connectivity index (χ3v) is 5.59. The van der Waals surface area contributed by atoms with E-state index in [4.69, 9.17) is 5.26 Å². The second-order valence-corrected chi connectivity index (χ2v) is 7.28. The zero-order valence-electron chi connectivity index (χ0n) is 15.8. The summed E-state index contributed by atoms with van der Waals surface area (Å²) in [5.74, 6) is 0.351. The van der Waals surface area contributed by atoms with Gasteiger partial charge in [0.25, 0.3) is 5.56 Å². The lowest BCUT2D eigenvalue weighted by Gasteiger charge is -2.48. The number of nitrogens with one attached hydrogen (secondary N) is 1. The van der Waals surface area contributed by atoms with Crippen LogP contribution in [0.25, 0.3) is 0 Å². The van der Waals surface area contributed by atoms with Gasteiger partial charge in [0, 0.05) is 25.4 Å². The fourth-order valence-electron chi connectivity index (χ4n) is 3.69. The van der Waals surface area contributed by atoms with Gasteiger partial charge in [0.05, 0.1) is 0 Å². The summed E-state index contributed by atoms with van der Waals surface area (Å²) in [4.78, 5) is 29.8. The van der Waals surface area contributed by atoms with Crippen molar-refractivity contribution in [2.75, 3.05) is 18.0 Å². The van der Waals surface area contributed by atoms with Crippen LogP contribution in [0.2, 0.25) is 0 Å². The average molecular weight is 380 g/mol. The Balaban J connectivity index is 1.59. The number of hydrogen-bond donors (Lipinski definition) is 1. The van der Waals surface area contributed by atoms with Crippen molar-refractivity contribution in [2.45, 2.75) is 38.6 Å². The Kier molecular flexibility index (Phi) is 6.04. The number of rotatable bonds is 6. The lowest BCUT2D eigenvalue weighted by atomic mass is 9.63. The number of carbonyl (C=O) groups excluding carboxylic acids is 1. The van der Waals surface area contributed by atoms with E-state index in [0.29, 0.717) is 5.41 Å². The van der Waals surface area contributed by atoms with Crippen LogP contribution in [-0.4, -0.2) is 35.5 Å². The van der Waals surface area contributed by atoms with E-state index >= 15 is 0 Å². The summed E-state index contributed by atoms with van der Waals surface area (Å²) in [5, 5.41) is 15.6. The Labute approximate surface area is 163 Å². The number of anilines is 1. The summed E-state index contributed by atoms with van der Waals surface area (Å²) in [6.07, 6.45) is 10.6. The van der Waals surface area contributed by atoms with Crippen LogP contribution >= 0.6 is 0 Å². The van der Waals surface area contributed by atoms with Crippen molar-refractivity contribution in [3.8, 4) is 6.07 Å². The SMILES string of the molecule is C=N/C(C#N)=C\C=C\NC(=O)Cn1nc(N2CCC3(CCC3)CC2)ccc1=O. The van der Waals surface area contributed by atoms with E-state index in [9.17, 15) is 9.59 Å². The van der Waals surface area contributed by atoms with Crippen molar-refractivity contribution in [3.63, 3.8) is 0 Å². The Morgan fingerprint density at radius 3 is 2.71 bits per heavy atom. The van der Waals surface area contributed by atoms with Gasteiger partial charge in [-0.05, 0) is 56.0 Å². The van der Waals surface area contributed by atoms with Crippen LogP contribution in [0.5, 0.6) is 0 Å². The standard InChI is InChI=1S/C20H24N6O2/c1-22-16(14-21)4-2-11-23-18(27)15-26-19(28)6-5-17(24-26)25-12-9-20(10-13-25)7-3-8-20/h2,4-6,11H,1,3,7-10,12-13,15H2,(H,23,27)/b11-2+,16-4-.